The maximum atomic E-state index is 13.6. The molecule has 3 atom stereocenters. The third-order valence-electron chi connectivity index (χ3n) is 6.78. The lowest BCUT2D eigenvalue weighted by atomic mass is 9.94. The Labute approximate surface area is 196 Å². The molecule has 0 radical (unpaired) electrons. The van der Waals surface area contributed by atoms with Gasteiger partial charge in [0.05, 0.1) is 25.3 Å². The lowest BCUT2D eigenvalue weighted by Gasteiger charge is -2.43. The second-order valence-electron chi connectivity index (χ2n) is 8.71. The summed E-state index contributed by atoms with van der Waals surface area (Å²) in [5.74, 6) is -0.604. The van der Waals surface area contributed by atoms with E-state index in [-0.39, 0.29) is 0 Å². The summed E-state index contributed by atoms with van der Waals surface area (Å²) in [7, 11) is 0. The number of likely N-dealkylation sites (tertiary alicyclic amines) is 1. The van der Waals surface area contributed by atoms with Crippen LogP contribution in [-0.2, 0) is 10.5 Å². The van der Waals surface area contributed by atoms with Crippen LogP contribution < -0.4 is 20.4 Å². The van der Waals surface area contributed by atoms with Gasteiger partial charge < -0.3 is 20.6 Å². The number of fused-ring (bicyclic) bond motifs is 1. The molecule has 32 heavy (non-hydrogen) atoms. The second-order valence-corrected chi connectivity index (χ2v) is 9.62. The number of hydrogen-bond acceptors (Lipinski definition) is 3. The number of halogens is 1. The number of nitrogens with one attached hydrogen (secondary N) is 3. The third-order valence-corrected chi connectivity index (χ3v) is 7.28. The van der Waals surface area contributed by atoms with Crippen molar-refractivity contribution in [1.29, 1.82) is 0 Å². The fourth-order valence-corrected chi connectivity index (χ4v) is 5.14. The highest BCUT2D eigenvalue weighted by molar-refractivity contribution is 9.10. The molecule has 2 aromatic rings. The molecule has 1 saturated heterocycles. The van der Waals surface area contributed by atoms with Crippen LogP contribution in [0, 0.1) is 13.8 Å². The van der Waals surface area contributed by atoms with Crippen molar-refractivity contribution in [3.8, 4) is 0 Å². The first kappa shape index (κ1) is 22.8. The van der Waals surface area contributed by atoms with Crippen LogP contribution in [0.5, 0.6) is 0 Å². The van der Waals surface area contributed by atoms with E-state index in [0.717, 1.165) is 42.0 Å². The zero-order valence-electron chi connectivity index (χ0n) is 18.7. The molecule has 170 valence electrons. The molecule has 8 heteroatoms. The topological polar surface area (TPSA) is 86.1 Å². The van der Waals surface area contributed by atoms with Crippen molar-refractivity contribution in [3.63, 3.8) is 0 Å². The van der Waals surface area contributed by atoms with E-state index in [0.29, 0.717) is 34.0 Å². The molecule has 1 fully saturated rings. The molecular formula is C24H30BrN4O3+. The summed E-state index contributed by atoms with van der Waals surface area (Å²) in [5.41, 5.74) is 1.03. The standard InChI is InChI=1S/C24H29BrN4O3/c1-4-28-11-5-6-19(28)14-26-22(30)24(32)20-13-17(25)8-10-21(20)27-23(31)29(24)18-9-7-15(2)16(3)12-18/h7-10,12-13,19,32H,4-6,11,14H2,1-3H3,(H,26,30)(H,27,31)/p+1. The number of nitrogens with zero attached hydrogens (tertiary/aromatic N) is 1. The lowest BCUT2D eigenvalue weighted by molar-refractivity contribution is -0.909. The van der Waals surface area contributed by atoms with Crippen LogP contribution in [-0.4, -0.2) is 42.7 Å². The highest BCUT2D eigenvalue weighted by atomic mass is 79.9. The molecule has 7 nitrogen and oxygen atoms in total. The van der Waals surface area contributed by atoms with Crippen molar-refractivity contribution in [2.24, 2.45) is 0 Å². The van der Waals surface area contributed by atoms with Gasteiger partial charge in [0.1, 0.15) is 6.04 Å². The predicted molar refractivity (Wildman–Crippen MR) is 128 cm³/mol. The van der Waals surface area contributed by atoms with E-state index >= 15 is 0 Å². The van der Waals surface area contributed by atoms with Crippen LogP contribution in [0.1, 0.15) is 36.5 Å². The smallest absolute Gasteiger partial charge is 0.329 e. The number of carbonyl (C=O) groups excluding carboxylic acids is 2. The quantitative estimate of drug-likeness (QED) is 0.507. The molecule has 2 heterocycles. The fraction of sp³-hybridized carbons (Fsp3) is 0.417. The third kappa shape index (κ3) is 3.91. The number of anilines is 2. The first-order valence-electron chi connectivity index (χ1n) is 11.1. The minimum atomic E-state index is -2.19. The number of carbonyl (C=O) groups is 2. The molecular weight excluding hydrogens is 472 g/mol. The van der Waals surface area contributed by atoms with E-state index in [1.165, 1.54) is 4.90 Å². The van der Waals surface area contributed by atoms with Crippen molar-refractivity contribution in [3.05, 3.63) is 57.6 Å². The zero-order valence-corrected chi connectivity index (χ0v) is 20.3. The van der Waals surface area contributed by atoms with Crippen LogP contribution in [0.4, 0.5) is 16.2 Å². The van der Waals surface area contributed by atoms with Gasteiger partial charge >= 0.3 is 6.03 Å². The van der Waals surface area contributed by atoms with Gasteiger partial charge in [-0.1, -0.05) is 22.0 Å². The Kier molecular flexibility index (Phi) is 6.29. The van der Waals surface area contributed by atoms with Crippen molar-refractivity contribution in [2.45, 2.75) is 45.4 Å². The molecule has 0 bridgehead atoms. The molecule has 3 unspecified atom stereocenters. The summed E-state index contributed by atoms with van der Waals surface area (Å²) >= 11 is 3.44. The Bertz CT molecular complexity index is 1060. The van der Waals surface area contributed by atoms with Gasteiger partial charge in [0.15, 0.2) is 0 Å². The largest absolute Gasteiger partial charge is 0.359 e. The van der Waals surface area contributed by atoms with Crippen molar-refractivity contribution >= 4 is 39.2 Å². The minimum Gasteiger partial charge on any atom is -0.359 e. The van der Waals surface area contributed by atoms with Gasteiger partial charge in [-0.2, -0.15) is 0 Å². The second kappa shape index (κ2) is 8.84. The molecule has 3 amide bonds. The highest BCUT2D eigenvalue weighted by Crippen LogP contribution is 2.41. The minimum absolute atomic E-state index is 0.307. The summed E-state index contributed by atoms with van der Waals surface area (Å²) in [6.45, 7) is 8.60. The number of amides is 3. The molecule has 4 rings (SSSR count). The van der Waals surface area contributed by atoms with E-state index in [2.05, 4.69) is 33.5 Å². The van der Waals surface area contributed by atoms with Crippen LogP contribution in [0.2, 0.25) is 0 Å². The Hall–Kier alpha value is -2.42. The Morgan fingerprint density at radius 2 is 2.06 bits per heavy atom. The number of aryl methyl sites for hydroxylation is 2. The van der Waals surface area contributed by atoms with Crippen LogP contribution >= 0.6 is 15.9 Å². The van der Waals surface area contributed by atoms with E-state index in [4.69, 9.17) is 0 Å². The number of benzene rings is 2. The first-order valence-corrected chi connectivity index (χ1v) is 11.9. The maximum Gasteiger partial charge on any atom is 0.329 e. The van der Waals surface area contributed by atoms with Gasteiger partial charge in [-0.25, -0.2) is 4.79 Å². The molecule has 0 aromatic heterocycles. The summed E-state index contributed by atoms with van der Waals surface area (Å²) in [5, 5.41) is 17.8. The fourth-order valence-electron chi connectivity index (χ4n) is 4.78. The van der Waals surface area contributed by atoms with Crippen LogP contribution in [0.3, 0.4) is 0 Å². The zero-order chi connectivity index (χ0) is 23.0. The van der Waals surface area contributed by atoms with Gasteiger partial charge in [-0.05, 0) is 62.2 Å². The summed E-state index contributed by atoms with van der Waals surface area (Å²) in [6, 6.07) is 10.3. The van der Waals surface area contributed by atoms with E-state index < -0.39 is 17.7 Å². The summed E-state index contributed by atoms with van der Waals surface area (Å²) in [4.78, 5) is 29.4. The summed E-state index contributed by atoms with van der Waals surface area (Å²) < 4.78 is 0.705. The number of quaternary nitrogens is 1. The number of hydrogen-bond donors (Lipinski definition) is 4. The lowest BCUT2D eigenvalue weighted by Crippen LogP contribution is -3.14. The van der Waals surface area contributed by atoms with Crippen LogP contribution in [0.25, 0.3) is 0 Å². The molecule has 4 N–H and O–H groups in total. The van der Waals surface area contributed by atoms with Crippen LogP contribution in [0.15, 0.2) is 40.9 Å². The van der Waals surface area contributed by atoms with Crippen molar-refractivity contribution in [1.82, 2.24) is 5.32 Å². The highest BCUT2D eigenvalue weighted by Gasteiger charge is 2.52. The number of aliphatic hydroxyl groups is 1. The number of urea groups is 1. The normalized spacial score (nSPS) is 24.8. The molecule has 2 aromatic carbocycles. The van der Waals surface area contributed by atoms with E-state index in [9.17, 15) is 14.7 Å². The summed E-state index contributed by atoms with van der Waals surface area (Å²) in [6.07, 6.45) is 2.16. The molecule has 2 aliphatic rings. The van der Waals surface area contributed by atoms with Gasteiger partial charge in [0.2, 0.25) is 0 Å². The van der Waals surface area contributed by atoms with Gasteiger partial charge in [-0.3, -0.25) is 9.69 Å². The van der Waals surface area contributed by atoms with E-state index in [1.54, 1.807) is 24.3 Å². The monoisotopic (exact) mass is 501 g/mol. The predicted octanol–water partition coefficient (Wildman–Crippen LogP) is 2.45. The van der Waals surface area contributed by atoms with Crippen molar-refractivity contribution < 1.29 is 19.6 Å². The Balaban J connectivity index is 1.75. The first-order chi connectivity index (χ1) is 15.3. The number of likely N-dealkylation sites (N-methyl/N-ethyl adjacent to an activating group) is 1. The average Bonchev–Trinajstić information content (AvgIpc) is 3.22. The Morgan fingerprint density at radius 3 is 2.78 bits per heavy atom. The molecule has 0 aliphatic carbocycles. The molecule has 2 aliphatic heterocycles. The molecule has 0 saturated carbocycles. The van der Waals surface area contributed by atoms with Gasteiger partial charge in [0.25, 0.3) is 11.6 Å². The van der Waals surface area contributed by atoms with Gasteiger partial charge in [-0.15, -0.1) is 0 Å². The Morgan fingerprint density at radius 1 is 1.28 bits per heavy atom. The SMILES string of the molecule is CC[NH+]1CCCC1CNC(=O)C1(O)c2cc(Br)ccc2NC(=O)N1c1ccc(C)c(C)c1. The van der Waals surface area contributed by atoms with Crippen molar-refractivity contribution in [2.75, 3.05) is 29.9 Å². The van der Waals surface area contributed by atoms with Gasteiger partial charge in [0, 0.05) is 28.6 Å². The number of rotatable bonds is 5. The average molecular weight is 502 g/mol. The molecule has 0 spiro atoms. The van der Waals surface area contributed by atoms with E-state index in [1.807, 2.05) is 26.0 Å². The maximum absolute atomic E-state index is 13.6.